The summed E-state index contributed by atoms with van der Waals surface area (Å²) in [6.45, 7) is 4.02. The lowest BCUT2D eigenvalue weighted by atomic mass is 10.2. The quantitative estimate of drug-likeness (QED) is 0.729. The van der Waals surface area contributed by atoms with Gasteiger partial charge in [-0.05, 0) is 35.6 Å². The molecule has 0 fully saturated rings. The van der Waals surface area contributed by atoms with Crippen LogP contribution >= 0.6 is 11.3 Å². The van der Waals surface area contributed by atoms with Gasteiger partial charge in [0.2, 0.25) is 0 Å². The van der Waals surface area contributed by atoms with E-state index < -0.39 is 0 Å². The van der Waals surface area contributed by atoms with Gasteiger partial charge in [0.25, 0.3) is 0 Å². The van der Waals surface area contributed by atoms with E-state index in [0.717, 1.165) is 13.1 Å². The molecule has 3 aromatic rings. The summed E-state index contributed by atoms with van der Waals surface area (Å²) >= 11 is 1.82. The Morgan fingerprint density at radius 3 is 2.89 bits per heavy atom. The molecule has 3 heteroatoms. The second kappa shape index (κ2) is 4.96. The van der Waals surface area contributed by atoms with Crippen LogP contribution in [0.4, 0.5) is 0 Å². The molecule has 92 valence electrons. The molecule has 0 atom stereocenters. The molecule has 0 unspecified atom stereocenters. The van der Waals surface area contributed by atoms with Crippen LogP contribution in [0.5, 0.6) is 0 Å². The van der Waals surface area contributed by atoms with Gasteiger partial charge in [0.1, 0.15) is 0 Å². The molecule has 0 amide bonds. The van der Waals surface area contributed by atoms with Crippen molar-refractivity contribution < 1.29 is 0 Å². The lowest BCUT2D eigenvalue weighted by Gasteiger charge is -2.03. The number of benzene rings is 1. The third kappa shape index (κ3) is 2.19. The zero-order valence-corrected chi connectivity index (χ0v) is 11.2. The van der Waals surface area contributed by atoms with Crippen molar-refractivity contribution in [2.45, 2.75) is 20.0 Å². The van der Waals surface area contributed by atoms with E-state index in [1.54, 1.807) is 0 Å². The fraction of sp³-hybridized carbons (Fsp3) is 0.200. The molecule has 3 rings (SSSR count). The van der Waals surface area contributed by atoms with Gasteiger partial charge in [-0.2, -0.15) is 0 Å². The first-order valence-corrected chi connectivity index (χ1v) is 7.01. The average molecular weight is 256 g/mol. The van der Waals surface area contributed by atoms with Crippen LogP contribution in [0.25, 0.3) is 10.9 Å². The SMILES string of the molecule is Cc1ccsc1CNCc1c[nH]c2ccccc12. The lowest BCUT2D eigenvalue weighted by molar-refractivity contribution is 0.702. The van der Waals surface area contributed by atoms with E-state index in [0.29, 0.717) is 0 Å². The average Bonchev–Trinajstić information content (AvgIpc) is 2.97. The van der Waals surface area contributed by atoms with Crippen molar-refractivity contribution in [3.05, 3.63) is 57.9 Å². The Labute approximate surface area is 111 Å². The molecule has 1 aromatic carbocycles. The molecule has 0 saturated carbocycles. The molecule has 2 nitrogen and oxygen atoms in total. The zero-order chi connectivity index (χ0) is 12.4. The Balaban J connectivity index is 1.68. The number of aromatic amines is 1. The molecule has 0 aliphatic carbocycles. The summed E-state index contributed by atoms with van der Waals surface area (Å²) in [7, 11) is 0. The topological polar surface area (TPSA) is 27.8 Å². The molecular formula is C15H16N2S. The fourth-order valence-electron chi connectivity index (χ4n) is 2.17. The van der Waals surface area contributed by atoms with E-state index in [-0.39, 0.29) is 0 Å². The number of hydrogen-bond donors (Lipinski definition) is 2. The van der Waals surface area contributed by atoms with Gasteiger partial charge in [0.15, 0.2) is 0 Å². The van der Waals surface area contributed by atoms with Crippen LogP contribution in [0.3, 0.4) is 0 Å². The van der Waals surface area contributed by atoms with Crippen LogP contribution in [0.15, 0.2) is 41.9 Å². The smallest absolute Gasteiger partial charge is 0.0457 e. The van der Waals surface area contributed by atoms with E-state index >= 15 is 0 Å². The minimum absolute atomic E-state index is 0.904. The number of nitrogens with one attached hydrogen (secondary N) is 2. The summed E-state index contributed by atoms with van der Waals surface area (Å²) in [5.74, 6) is 0. The standard InChI is InChI=1S/C15H16N2S/c1-11-6-7-18-15(11)10-16-8-12-9-17-14-5-3-2-4-13(12)14/h2-7,9,16-17H,8,10H2,1H3. The first kappa shape index (κ1) is 11.5. The number of rotatable bonds is 4. The molecule has 0 bridgehead atoms. The second-order valence-corrected chi connectivity index (χ2v) is 5.49. The Morgan fingerprint density at radius 1 is 1.17 bits per heavy atom. The number of para-hydroxylation sites is 1. The number of H-pyrrole nitrogens is 1. The van der Waals surface area contributed by atoms with Crippen LogP contribution in [0.2, 0.25) is 0 Å². The van der Waals surface area contributed by atoms with Crippen molar-refractivity contribution in [1.29, 1.82) is 0 Å². The Kier molecular flexibility index (Phi) is 3.17. The maximum absolute atomic E-state index is 3.51. The van der Waals surface area contributed by atoms with Gasteiger partial charge in [-0.15, -0.1) is 11.3 Å². The van der Waals surface area contributed by atoms with Crippen LogP contribution in [-0.4, -0.2) is 4.98 Å². The van der Waals surface area contributed by atoms with Gasteiger partial charge in [0, 0.05) is 35.1 Å². The van der Waals surface area contributed by atoms with E-state index in [9.17, 15) is 0 Å². The summed E-state index contributed by atoms with van der Waals surface area (Å²) in [4.78, 5) is 4.73. The number of aryl methyl sites for hydroxylation is 1. The van der Waals surface area contributed by atoms with Crippen LogP contribution in [0, 0.1) is 6.92 Å². The van der Waals surface area contributed by atoms with E-state index in [1.807, 2.05) is 11.3 Å². The highest BCUT2D eigenvalue weighted by Gasteiger charge is 2.03. The van der Waals surface area contributed by atoms with Gasteiger partial charge in [-0.25, -0.2) is 0 Å². The van der Waals surface area contributed by atoms with Gasteiger partial charge >= 0.3 is 0 Å². The van der Waals surface area contributed by atoms with E-state index in [1.165, 1.54) is 26.9 Å². The van der Waals surface area contributed by atoms with Gasteiger partial charge in [-0.3, -0.25) is 0 Å². The fourth-order valence-corrected chi connectivity index (χ4v) is 3.05. The molecule has 0 aliphatic heterocycles. The van der Waals surface area contributed by atoms with Crippen molar-refractivity contribution in [1.82, 2.24) is 10.3 Å². The van der Waals surface area contributed by atoms with Crippen molar-refractivity contribution in [3.63, 3.8) is 0 Å². The van der Waals surface area contributed by atoms with Crippen molar-refractivity contribution in [2.24, 2.45) is 0 Å². The lowest BCUT2D eigenvalue weighted by Crippen LogP contribution is -2.11. The first-order valence-electron chi connectivity index (χ1n) is 6.13. The number of thiophene rings is 1. The third-order valence-corrected chi connectivity index (χ3v) is 4.27. The van der Waals surface area contributed by atoms with Crippen LogP contribution < -0.4 is 5.32 Å². The third-order valence-electron chi connectivity index (χ3n) is 3.24. The zero-order valence-electron chi connectivity index (χ0n) is 10.4. The summed E-state index contributed by atoms with van der Waals surface area (Å²) in [5.41, 5.74) is 3.92. The Hall–Kier alpha value is -1.58. The van der Waals surface area contributed by atoms with Crippen molar-refractivity contribution in [2.75, 3.05) is 0 Å². The summed E-state index contributed by atoms with van der Waals surface area (Å²) in [6, 6.07) is 10.6. The predicted molar refractivity (Wildman–Crippen MR) is 77.9 cm³/mol. The molecule has 0 saturated heterocycles. The predicted octanol–water partition coefficient (Wildman–Crippen LogP) is 3.83. The molecule has 0 radical (unpaired) electrons. The van der Waals surface area contributed by atoms with Crippen LogP contribution in [0.1, 0.15) is 16.0 Å². The summed E-state index contributed by atoms with van der Waals surface area (Å²) in [6.07, 6.45) is 2.10. The van der Waals surface area contributed by atoms with Gasteiger partial charge in [0.05, 0.1) is 0 Å². The minimum atomic E-state index is 0.904. The molecule has 2 aromatic heterocycles. The molecule has 0 spiro atoms. The number of hydrogen-bond acceptors (Lipinski definition) is 2. The Morgan fingerprint density at radius 2 is 2.06 bits per heavy atom. The highest BCUT2D eigenvalue weighted by molar-refractivity contribution is 7.10. The molecule has 2 heterocycles. The van der Waals surface area contributed by atoms with Gasteiger partial charge < -0.3 is 10.3 Å². The minimum Gasteiger partial charge on any atom is -0.361 e. The normalized spacial score (nSPS) is 11.2. The molecule has 2 N–H and O–H groups in total. The maximum Gasteiger partial charge on any atom is 0.0457 e. The van der Waals surface area contributed by atoms with E-state index in [4.69, 9.17) is 0 Å². The molecule has 18 heavy (non-hydrogen) atoms. The largest absolute Gasteiger partial charge is 0.361 e. The van der Waals surface area contributed by atoms with E-state index in [2.05, 4.69) is 59.1 Å². The van der Waals surface area contributed by atoms with Crippen molar-refractivity contribution >= 4 is 22.2 Å². The number of aromatic nitrogens is 1. The van der Waals surface area contributed by atoms with Gasteiger partial charge in [-0.1, -0.05) is 18.2 Å². The molecular weight excluding hydrogens is 240 g/mol. The number of fused-ring (bicyclic) bond motifs is 1. The van der Waals surface area contributed by atoms with Crippen molar-refractivity contribution in [3.8, 4) is 0 Å². The highest BCUT2D eigenvalue weighted by atomic mass is 32.1. The first-order chi connectivity index (χ1) is 8.84. The maximum atomic E-state index is 3.51. The highest BCUT2D eigenvalue weighted by Crippen LogP contribution is 2.18. The summed E-state index contributed by atoms with van der Waals surface area (Å²) < 4.78 is 0. The summed E-state index contributed by atoms with van der Waals surface area (Å²) in [5, 5.41) is 6.98. The second-order valence-electron chi connectivity index (χ2n) is 4.49. The Bertz CT molecular complexity index is 651. The molecule has 0 aliphatic rings. The van der Waals surface area contributed by atoms with Crippen LogP contribution in [-0.2, 0) is 13.1 Å². The monoisotopic (exact) mass is 256 g/mol.